The lowest BCUT2D eigenvalue weighted by Crippen LogP contribution is -2.12. The number of aryl methyl sites for hydroxylation is 1. The third-order valence-electron chi connectivity index (χ3n) is 3.14. The molecule has 0 radical (unpaired) electrons. The van der Waals surface area contributed by atoms with Crippen molar-refractivity contribution in [2.24, 2.45) is 0 Å². The minimum Gasteiger partial charge on any atom is -0.322 e. The van der Waals surface area contributed by atoms with Gasteiger partial charge in [-0.1, -0.05) is 6.07 Å². The summed E-state index contributed by atoms with van der Waals surface area (Å²) in [5.74, 6) is -0.813. The summed E-state index contributed by atoms with van der Waals surface area (Å²) in [6.45, 7) is 1.88. The molecular formula is C15H12FN5O. The third-order valence-corrected chi connectivity index (χ3v) is 3.14. The maximum absolute atomic E-state index is 13.1. The number of carbonyl (C=O) groups is 1. The fourth-order valence-corrected chi connectivity index (χ4v) is 2.09. The first-order valence-electron chi connectivity index (χ1n) is 6.54. The molecule has 0 fully saturated rings. The van der Waals surface area contributed by atoms with Crippen molar-refractivity contribution in [1.82, 2.24) is 20.2 Å². The summed E-state index contributed by atoms with van der Waals surface area (Å²) in [5, 5.41) is 13.7. The van der Waals surface area contributed by atoms with E-state index in [0.29, 0.717) is 5.69 Å². The van der Waals surface area contributed by atoms with Crippen molar-refractivity contribution in [2.75, 3.05) is 5.32 Å². The van der Waals surface area contributed by atoms with Crippen LogP contribution in [0.2, 0.25) is 0 Å². The fraction of sp³-hybridized carbons (Fsp3) is 0.0667. The minimum atomic E-state index is -0.446. The van der Waals surface area contributed by atoms with Crippen molar-refractivity contribution in [3.63, 3.8) is 0 Å². The number of halogens is 1. The smallest absolute Gasteiger partial charge is 0.255 e. The van der Waals surface area contributed by atoms with E-state index >= 15 is 0 Å². The van der Waals surface area contributed by atoms with Crippen LogP contribution in [0, 0.1) is 12.7 Å². The normalized spacial score (nSPS) is 10.5. The van der Waals surface area contributed by atoms with Gasteiger partial charge in [0.15, 0.2) is 0 Å². The van der Waals surface area contributed by atoms with E-state index in [-0.39, 0.29) is 11.5 Å². The van der Waals surface area contributed by atoms with Gasteiger partial charge in [-0.3, -0.25) is 4.79 Å². The first-order valence-corrected chi connectivity index (χ1v) is 6.54. The molecule has 0 aliphatic heterocycles. The van der Waals surface area contributed by atoms with Gasteiger partial charge in [0.2, 0.25) is 0 Å². The molecule has 1 heterocycles. The highest BCUT2D eigenvalue weighted by Gasteiger charge is 2.09. The van der Waals surface area contributed by atoms with Crippen LogP contribution >= 0.6 is 0 Å². The summed E-state index contributed by atoms with van der Waals surface area (Å²) in [4.78, 5) is 12.1. The van der Waals surface area contributed by atoms with E-state index in [1.807, 2.05) is 6.92 Å². The third kappa shape index (κ3) is 2.83. The number of aromatic nitrogens is 4. The van der Waals surface area contributed by atoms with Gasteiger partial charge in [-0.15, -0.1) is 5.10 Å². The van der Waals surface area contributed by atoms with Crippen LogP contribution in [0.1, 0.15) is 15.9 Å². The number of nitrogens with zero attached hydrogens (tertiary/aromatic N) is 4. The number of hydrogen-bond donors (Lipinski definition) is 1. The van der Waals surface area contributed by atoms with Crippen molar-refractivity contribution in [3.05, 3.63) is 65.7 Å². The number of anilines is 1. The van der Waals surface area contributed by atoms with Crippen LogP contribution in [-0.2, 0) is 0 Å². The minimum absolute atomic E-state index is 0.266. The zero-order valence-corrected chi connectivity index (χ0v) is 11.7. The molecule has 22 heavy (non-hydrogen) atoms. The number of amides is 1. The molecule has 7 heteroatoms. The molecule has 6 nitrogen and oxygen atoms in total. The number of nitrogens with one attached hydrogen (secondary N) is 1. The highest BCUT2D eigenvalue weighted by Crippen LogP contribution is 2.18. The van der Waals surface area contributed by atoms with Crippen LogP contribution in [0.4, 0.5) is 10.1 Å². The van der Waals surface area contributed by atoms with Crippen LogP contribution in [-0.4, -0.2) is 26.1 Å². The maximum Gasteiger partial charge on any atom is 0.255 e. The number of rotatable bonds is 3. The molecule has 0 aliphatic rings. The zero-order valence-electron chi connectivity index (χ0n) is 11.7. The molecular weight excluding hydrogens is 285 g/mol. The molecule has 0 aliphatic carbocycles. The van der Waals surface area contributed by atoms with E-state index in [4.69, 9.17) is 0 Å². The molecule has 0 unspecified atom stereocenters. The van der Waals surface area contributed by atoms with Crippen molar-refractivity contribution < 1.29 is 9.18 Å². The van der Waals surface area contributed by atoms with Crippen LogP contribution in [0.3, 0.4) is 0 Å². The molecule has 1 N–H and O–H groups in total. The lowest BCUT2D eigenvalue weighted by Gasteiger charge is -2.09. The number of hydrogen-bond acceptors (Lipinski definition) is 4. The molecule has 1 aromatic heterocycles. The van der Waals surface area contributed by atoms with Crippen LogP contribution in [0.15, 0.2) is 48.8 Å². The predicted molar refractivity (Wildman–Crippen MR) is 78.2 cm³/mol. The average Bonchev–Trinajstić information content (AvgIpc) is 3.01. The van der Waals surface area contributed by atoms with Crippen molar-refractivity contribution in [2.45, 2.75) is 6.92 Å². The van der Waals surface area contributed by atoms with Gasteiger partial charge in [0.05, 0.1) is 5.69 Å². The van der Waals surface area contributed by atoms with Gasteiger partial charge < -0.3 is 5.32 Å². The molecule has 110 valence electrons. The molecule has 3 aromatic rings. The number of tetrazole rings is 1. The molecule has 0 atom stereocenters. The molecule has 0 saturated heterocycles. The summed E-state index contributed by atoms with van der Waals surface area (Å²) in [5.41, 5.74) is 2.59. The maximum atomic E-state index is 13.1. The Morgan fingerprint density at radius 2 is 2.09 bits per heavy atom. The molecule has 2 aromatic carbocycles. The summed E-state index contributed by atoms with van der Waals surface area (Å²) in [6.07, 6.45) is 1.49. The summed E-state index contributed by atoms with van der Waals surface area (Å²) in [7, 11) is 0. The van der Waals surface area contributed by atoms with E-state index < -0.39 is 5.82 Å². The van der Waals surface area contributed by atoms with Crippen LogP contribution < -0.4 is 5.32 Å². The van der Waals surface area contributed by atoms with Gasteiger partial charge in [-0.2, -0.15) is 0 Å². The van der Waals surface area contributed by atoms with E-state index in [9.17, 15) is 9.18 Å². The van der Waals surface area contributed by atoms with Crippen molar-refractivity contribution in [1.29, 1.82) is 0 Å². The van der Waals surface area contributed by atoms with Crippen molar-refractivity contribution >= 4 is 11.6 Å². The first-order chi connectivity index (χ1) is 10.6. The first kappa shape index (κ1) is 13.9. The highest BCUT2D eigenvalue weighted by atomic mass is 19.1. The molecule has 1 amide bonds. The monoisotopic (exact) mass is 297 g/mol. The summed E-state index contributed by atoms with van der Waals surface area (Å²) < 4.78 is 14.7. The van der Waals surface area contributed by atoms with Gasteiger partial charge in [0, 0.05) is 11.3 Å². The molecule has 0 spiro atoms. The number of carbonyl (C=O) groups excluding carboxylic acids is 1. The Hall–Kier alpha value is -3.09. The Morgan fingerprint density at radius 1 is 1.23 bits per heavy atom. The van der Waals surface area contributed by atoms with E-state index in [1.54, 1.807) is 24.3 Å². The van der Waals surface area contributed by atoms with Gasteiger partial charge in [0.1, 0.15) is 12.1 Å². The Bertz CT molecular complexity index is 817. The van der Waals surface area contributed by atoms with Gasteiger partial charge in [-0.25, -0.2) is 9.07 Å². The Labute approximate surface area is 125 Å². The lowest BCUT2D eigenvalue weighted by molar-refractivity contribution is 0.102. The topological polar surface area (TPSA) is 72.7 Å². The van der Waals surface area contributed by atoms with Gasteiger partial charge in [-0.05, 0) is 59.3 Å². The SMILES string of the molecule is Cc1cc(NC(=O)c2cccc(F)c2)ccc1-n1cnnn1. The second kappa shape index (κ2) is 5.72. The second-order valence-corrected chi connectivity index (χ2v) is 4.72. The fourth-order valence-electron chi connectivity index (χ4n) is 2.09. The lowest BCUT2D eigenvalue weighted by atomic mass is 10.1. The molecule has 0 saturated carbocycles. The Balaban J connectivity index is 1.81. The highest BCUT2D eigenvalue weighted by molar-refractivity contribution is 6.04. The quantitative estimate of drug-likeness (QED) is 0.805. The van der Waals surface area contributed by atoms with E-state index in [1.165, 1.54) is 29.2 Å². The van der Waals surface area contributed by atoms with Crippen LogP contribution in [0.25, 0.3) is 5.69 Å². The molecule has 3 rings (SSSR count). The van der Waals surface area contributed by atoms with Crippen molar-refractivity contribution in [3.8, 4) is 5.69 Å². The summed E-state index contributed by atoms with van der Waals surface area (Å²) >= 11 is 0. The largest absolute Gasteiger partial charge is 0.322 e. The molecule has 0 bridgehead atoms. The predicted octanol–water partition coefficient (Wildman–Crippen LogP) is 2.36. The Kier molecular flexibility index (Phi) is 3.61. The zero-order chi connectivity index (χ0) is 15.5. The number of benzene rings is 2. The summed E-state index contributed by atoms with van der Waals surface area (Å²) in [6, 6.07) is 10.9. The van der Waals surface area contributed by atoms with Gasteiger partial charge >= 0.3 is 0 Å². The second-order valence-electron chi connectivity index (χ2n) is 4.72. The van der Waals surface area contributed by atoms with E-state index in [2.05, 4.69) is 20.8 Å². The van der Waals surface area contributed by atoms with Crippen LogP contribution in [0.5, 0.6) is 0 Å². The standard InChI is InChI=1S/C15H12FN5O/c1-10-7-13(5-6-14(10)21-9-17-19-20-21)18-15(22)11-3-2-4-12(16)8-11/h2-9H,1H3,(H,18,22). The van der Waals surface area contributed by atoms with Gasteiger partial charge in [0.25, 0.3) is 5.91 Å². The van der Waals surface area contributed by atoms with E-state index in [0.717, 1.165) is 11.3 Å². The Morgan fingerprint density at radius 3 is 2.77 bits per heavy atom. The average molecular weight is 297 g/mol.